The normalized spacial score (nSPS) is 26.8. The molecule has 2 saturated carbocycles. The fourth-order valence-electron chi connectivity index (χ4n) is 8.41. The van der Waals surface area contributed by atoms with Crippen LogP contribution in [0.3, 0.4) is 0 Å². The first kappa shape index (κ1) is 40.6. The lowest BCUT2D eigenvalue weighted by Gasteiger charge is -2.29. The molecule has 4 aliphatic rings. The van der Waals surface area contributed by atoms with E-state index in [2.05, 4.69) is 48.1 Å². The number of ether oxygens (including phenoxy) is 1. The van der Waals surface area contributed by atoms with Gasteiger partial charge >= 0.3 is 0 Å². The number of aromatic nitrogens is 4. The Morgan fingerprint density at radius 2 is 1.88 bits per heavy atom. The second kappa shape index (κ2) is 15.8. The third kappa shape index (κ3) is 7.83. The molecule has 1 saturated heterocycles. The highest BCUT2D eigenvalue weighted by atomic mass is 32.2. The van der Waals surface area contributed by atoms with Gasteiger partial charge < -0.3 is 15.0 Å². The minimum atomic E-state index is -3.92. The van der Waals surface area contributed by atoms with Crippen molar-refractivity contribution >= 4 is 66.5 Å². The molecule has 0 radical (unpaired) electrons. The van der Waals surface area contributed by atoms with E-state index in [0.29, 0.717) is 42.7 Å². The summed E-state index contributed by atoms with van der Waals surface area (Å²) in [6.07, 6.45) is 10.4. The zero-order chi connectivity index (χ0) is 41.0. The number of nitrogens with one attached hydrogen (secondary N) is 2. The van der Waals surface area contributed by atoms with Gasteiger partial charge in [0, 0.05) is 41.4 Å². The van der Waals surface area contributed by atoms with E-state index >= 15 is 0 Å². The van der Waals surface area contributed by atoms with Gasteiger partial charge in [-0.2, -0.15) is 4.98 Å². The number of rotatable bonds is 10. The van der Waals surface area contributed by atoms with Crippen LogP contribution < -0.4 is 14.8 Å². The van der Waals surface area contributed by atoms with Crippen LogP contribution in [-0.4, -0.2) is 79.9 Å². The van der Waals surface area contributed by atoms with E-state index in [1.54, 1.807) is 29.4 Å². The number of fused-ring (bicyclic) bond motifs is 3. The number of ketones is 1. The first-order valence-electron chi connectivity index (χ1n) is 20.6. The van der Waals surface area contributed by atoms with Gasteiger partial charge in [-0.25, -0.2) is 18.4 Å². The molecule has 3 aromatic heterocycles. The lowest BCUT2D eigenvalue weighted by Crippen LogP contribution is -2.49. The number of carbonyl (C=O) groups is 3. The van der Waals surface area contributed by atoms with Crippen LogP contribution in [-0.2, 0) is 24.4 Å². The Kier molecular flexibility index (Phi) is 11.1. The van der Waals surface area contributed by atoms with Crippen LogP contribution in [0.15, 0.2) is 47.3 Å². The van der Waals surface area contributed by atoms with E-state index in [1.165, 1.54) is 11.3 Å². The first-order valence-corrected chi connectivity index (χ1v) is 23.8. The van der Waals surface area contributed by atoms with Gasteiger partial charge in [-0.05, 0) is 83.3 Å². The van der Waals surface area contributed by atoms with E-state index in [1.807, 2.05) is 40.3 Å². The van der Waals surface area contributed by atoms with Crippen molar-refractivity contribution in [1.82, 2.24) is 29.1 Å². The summed E-state index contributed by atoms with van der Waals surface area (Å²) >= 11 is 2.99. The average Bonchev–Trinajstić information content (AvgIpc) is 3.67. The fourth-order valence-corrected chi connectivity index (χ4v) is 11.3. The summed E-state index contributed by atoms with van der Waals surface area (Å²) in [5.41, 5.74) is 2.38. The van der Waals surface area contributed by atoms with Crippen LogP contribution in [0.1, 0.15) is 116 Å². The largest absolute Gasteiger partial charge is 0.459 e. The van der Waals surface area contributed by atoms with E-state index in [4.69, 9.17) is 14.7 Å². The van der Waals surface area contributed by atoms with Crippen molar-refractivity contribution in [2.24, 2.45) is 11.3 Å². The van der Waals surface area contributed by atoms with Crippen LogP contribution in [0, 0.1) is 11.3 Å². The Bertz CT molecular complexity index is 2330. The standard InChI is InChI=1S/C42H53N7O6S3/c1-25(2)31-24-57-36(44-31)29-13-11-15-32-35(29)46-40(49(32)26(3)4)55-28-20-33-34(50)22-42(38(52)47-58(53,54)41(5)16-17-41)21-27(42)12-9-7-6-8-10-14-30(37(51)48(33)23-28)45-39-43-18-19-56-39/h9,11-13,15,18-19,24-28,30,33H,6-8,10,14,16-17,20-23H2,1-5H3,(H,43,45)(H,47,52)/b12-9-/t27-,28-,30+,33+,42-/m1/s1. The summed E-state index contributed by atoms with van der Waals surface area (Å²) in [7, 11) is -3.92. The molecule has 0 bridgehead atoms. The van der Waals surface area contributed by atoms with Gasteiger partial charge in [-0.1, -0.05) is 44.9 Å². The third-order valence-corrected chi connectivity index (χ3v) is 16.2. The number of Topliss-reactive ketones (excluding diaryl/α,β-unsaturated/α-hetero) is 1. The Balaban J connectivity index is 1.12. The predicted molar refractivity (Wildman–Crippen MR) is 226 cm³/mol. The maximum Gasteiger partial charge on any atom is 0.297 e. The number of imidazole rings is 1. The molecule has 2 aliphatic carbocycles. The van der Waals surface area contributed by atoms with Gasteiger partial charge in [-0.15, -0.1) is 22.7 Å². The number of sulfonamides is 1. The smallest absolute Gasteiger partial charge is 0.297 e. The molecule has 3 fully saturated rings. The molecular weight excluding hydrogens is 795 g/mol. The van der Waals surface area contributed by atoms with Crippen molar-refractivity contribution in [3.8, 4) is 16.6 Å². The Labute approximate surface area is 348 Å². The van der Waals surface area contributed by atoms with Gasteiger partial charge in [0.1, 0.15) is 22.7 Å². The summed E-state index contributed by atoms with van der Waals surface area (Å²) in [6.45, 7) is 10.2. The van der Waals surface area contributed by atoms with E-state index in [-0.39, 0.29) is 43.0 Å². The molecule has 13 nitrogen and oxygen atoms in total. The number of nitrogens with zero attached hydrogens (tertiary/aromatic N) is 5. The minimum absolute atomic E-state index is 0.0211. The zero-order valence-corrected chi connectivity index (χ0v) is 36.2. The highest BCUT2D eigenvalue weighted by Gasteiger charge is 2.62. The highest BCUT2D eigenvalue weighted by molar-refractivity contribution is 7.91. The van der Waals surface area contributed by atoms with Crippen molar-refractivity contribution < 1.29 is 27.5 Å². The van der Waals surface area contributed by atoms with Gasteiger partial charge in [-0.3, -0.25) is 23.7 Å². The van der Waals surface area contributed by atoms with Gasteiger partial charge in [0.2, 0.25) is 21.8 Å². The molecular formula is C42H53N7O6S3. The number of benzene rings is 1. The summed E-state index contributed by atoms with van der Waals surface area (Å²) < 4.78 is 36.7. The van der Waals surface area contributed by atoms with Crippen molar-refractivity contribution in [3.05, 3.63) is 53.0 Å². The van der Waals surface area contributed by atoms with Crippen molar-refractivity contribution in [2.75, 3.05) is 11.9 Å². The topological polar surface area (TPSA) is 165 Å². The number of amides is 2. The fraction of sp³-hybridized carbons (Fsp3) is 0.571. The SMILES string of the molecule is CC(C)c1csc(-c2cccc3c2nc(O[C@@H]2C[C@H]4C(=O)C[C@]5(C(=O)NS(=O)(=O)C6(C)CC6)C[C@H]5/C=C\CCCCC[C@H](Nc5nccs5)C(=O)N4C2)n3C(C)C)n1. The molecule has 2 aliphatic heterocycles. The predicted octanol–water partition coefficient (Wildman–Crippen LogP) is 7.63. The molecule has 4 aromatic rings. The number of thiazole rings is 2. The quantitative estimate of drug-likeness (QED) is 0.152. The molecule has 2 amide bonds. The lowest BCUT2D eigenvalue weighted by molar-refractivity contribution is -0.139. The molecule has 310 valence electrons. The van der Waals surface area contributed by atoms with Crippen molar-refractivity contribution in [2.45, 2.75) is 134 Å². The molecule has 16 heteroatoms. The molecule has 8 rings (SSSR count). The third-order valence-electron chi connectivity index (χ3n) is 12.4. The summed E-state index contributed by atoms with van der Waals surface area (Å²) in [5.74, 6) is -1.14. The molecule has 5 atom stereocenters. The molecule has 0 spiro atoms. The summed E-state index contributed by atoms with van der Waals surface area (Å²) in [4.78, 5) is 59.5. The number of allylic oxidation sites excluding steroid dienone is 2. The van der Waals surface area contributed by atoms with Crippen LogP contribution in [0.5, 0.6) is 6.01 Å². The number of hydrogen-bond donors (Lipinski definition) is 2. The highest BCUT2D eigenvalue weighted by Crippen LogP contribution is 2.57. The zero-order valence-electron chi connectivity index (χ0n) is 33.8. The molecule has 58 heavy (non-hydrogen) atoms. The number of anilines is 1. The minimum Gasteiger partial charge on any atom is -0.459 e. The maximum atomic E-state index is 14.7. The molecule has 2 N–H and O–H groups in total. The van der Waals surface area contributed by atoms with Gasteiger partial charge in [0.05, 0.1) is 34.0 Å². The lowest BCUT2D eigenvalue weighted by atomic mass is 9.91. The number of hydrogen-bond acceptors (Lipinski definition) is 12. The van der Waals surface area contributed by atoms with Crippen LogP contribution >= 0.6 is 22.7 Å². The monoisotopic (exact) mass is 847 g/mol. The Morgan fingerprint density at radius 3 is 2.59 bits per heavy atom. The number of carbonyl (C=O) groups excluding carboxylic acids is 3. The van der Waals surface area contributed by atoms with Crippen LogP contribution in [0.25, 0.3) is 21.6 Å². The number of para-hydroxylation sites is 1. The average molecular weight is 848 g/mol. The second-order valence-corrected chi connectivity index (χ2v) is 21.3. The molecule has 1 aromatic carbocycles. The summed E-state index contributed by atoms with van der Waals surface area (Å²) in [6, 6.07) is 4.89. The Hall–Kier alpha value is -4.15. The maximum absolute atomic E-state index is 14.7. The van der Waals surface area contributed by atoms with Crippen LogP contribution in [0.2, 0.25) is 0 Å². The van der Waals surface area contributed by atoms with E-state index in [9.17, 15) is 22.8 Å². The second-order valence-electron chi connectivity index (χ2n) is 17.3. The van der Waals surface area contributed by atoms with E-state index < -0.39 is 44.3 Å². The van der Waals surface area contributed by atoms with Gasteiger partial charge in [0.25, 0.3) is 6.01 Å². The van der Waals surface area contributed by atoms with Crippen molar-refractivity contribution in [3.63, 3.8) is 0 Å². The Morgan fingerprint density at radius 1 is 1.07 bits per heavy atom. The molecule has 0 unspecified atom stereocenters. The van der Waals surface area contributed by atoms with Crippen LogP contribution in [0.4, 0.5) is 5.13 Å². The first-order chi connectivity index (χ1) is 27.7. The van der Waals surface area contributed by atoms with E-state index in [0.717, 1.165) is 53.0 Å². The van der Waals surface area contributed by atoms with Crippen molar-refractivity contribution in [1.29, 1.82) is 0 Å². The van der Waals surface area contributed by atoms with Gasteiger partial charge in [0.15, 0.2) is 10.9 Å². The summed E-state index contributed by atoms with van der Waals surface area (Å²) in [5, 5.41) is 8.79. The molecule has 5 heterocycles.